The zero-order chi connectivity index (χ0) is 23.9. The van der Waals surface area contributed by atoms with Gasteiger partial charge in [0.15, 0.2) is 0 Å². The minimum Gasteiger partial charge on any atom is -0.399 e. The number of benzene rings is 5. The third-order valence-corrected chi connectivity index (χ3v) is 6.52. The highest BCUT2D eigenvalue weighted by Gasteiger charge is 2.02. The third kappa shape index (κ3) is 6.49. The average molecular weight is 454 g/mol. The molecule has 0 aromatic heterocycles. The lowest BCUT2D eigenvalue weighted by molar-refractivity contribution is 1.13. The van der Waals surface area contributed by atoms with Crippen LogP contribution >= 0.6 is 0 Å². The molecule has 0 aliphatic heterocycles. The van der Waals surface area contributed by atoms with Crippen LogP contribution in [-0.4, -0.2) is 0 Å². The van der Waals surface area contributed by atoms with Gasteiger partial charge in [0, 0.05) is 5.69 Å². The van der Waals surface area contributed by atoms with Gasteiger partial charge in [-0.05, 0) is 82.3 Å². The highest BCUT2D eigenvalue weighted by atomic mass is 14.5. The van der Waals surface area contributed by atoms with E-state index in [1.165, 1.54) is 44.5 Å². The van der Waals surface area contributed by atoms with Gasteiger partial charge in [-0.2, -0.15) is 0 Å². The first-order chi connectivity index (χ1) is 17.2. The molecular formula is C34H31N. The summed E-state index contributed by atoms with van der Waals surface area (Å²) < 4.78 is 0. The highest BCUT2D eigenvalue weighted by molar-refractivity contribution is 5.41. The lowest BCUT2D eigenvalue weighted by Gasteiger charge is -2.08. The summed E-state index contributed by atoms with van der Waals surface area (Å²) in [7, 11) is 0. The summed E-state index contributed by atoms with van der Waals surface area (Å²) in [6, 6.07) is 45.9. The van der Waals surface area contributed by atoms with E-state index in [4.69, 9.17) is 5.73 Å². The van der Waals surface area contributed by atoms with Gasteiger partial charge in [-0.3, -0.25) is 0 Å². The van der Waals surface area contributed by atoms with Crippen molar-refractivity contribution in [1.29, 1.82) is 0 Å². The van der Waals surface area contributed by atoms with Gasteiger partial charge in [-0.15, -0.1) is 0 Å². The summed E-state index contributed by atoms with van der Waals surface area (Å²) >= 11 is 0. The van der Waals surface area contributed by atoms with Crippen LogP contribution in [-0.2, 0) is 25.7 Å². The molecule has 0 radical (unpaired) electrons. The summed E-state index contributed by atoms with van der Waals surface area (Å²) in [5.74, 6) is 0. The molecule has 172 valence electrons. The standard InChI is InChI=1S/C34H31N/c35-34-20-18-33(19-21-34)25-32-16-14-31(15-17-32)24-30-12-10-29(11-13-30)23-28-8-6-27(7-9-28)22-26-4-2-1-3-5-26/h1-21H,22-25,35H2. The van der Waals surface area contributed by atoms with Gasteiger partial charge >= 0.3 is 0 Å². The largest absolute Gasteiger partial charge is 0.399 e. The SMILES string of the molecule is Nc1ccc(Cc2ccc(Cc3ccc(Cc4ccc(Cc5ccccc5)cc4)cc3)cc2)cc1. The van der Waals surface area contributed by atoms with Crippen LogP contribution in [0.3, 0.4) is 0 Å². The van der Waals surface area contributed by atoms with Crippen molar-refractivity contribution < 1.29 is 0 Å². The molecule has 0 unspecified atom stereocenters. The minimum atomic E-state index is 0.812. The second-order valence-corrected chi connectivity index (χ2v) is 9.38. The fourth-order valence-electron chi connectivity index (χ4n) is 4.50. The average Bonchev–Trinajstić information content (AvgIpc) is 2.89. The van der Waals surface area contributed by atoms with Gasteiger partial charge < -0.3 is 5.73 Å². The van der Waals surface area contributed by atoms with Crippen LogP contribution in [0, 0.1) is 0 Å². The van der Waals surface area contributed by atoms with Crippen LogP contribution in [0.5, 0.6) is 0 Å². The Morgan fingerprint density at radius 3 is 0.800 bits per heavy atom. The molecule has 5 rings (SSSR count). The first-order valence-corrected chi connectivity index (χ1v) is 12.3. The number of hydrogen-bond acceptors (Lipinski definition) is 1. The van der Waals surface area contributed by atoms with Crippen LogP contribution in [0.15, 0.2) is 127 Å². The summed E-state index contributed by atoms with van der Waals surface area (Å²) in [6.45, 7) is 0. The Balaban J connectivity index is 1.15. The maximum Gasteiger partial charge on any atom is 0.0314 e. The molecule has 0 amide bonds. The maximum atomic E-state index is 5.79. The molecule has 0 saturated heterocycles. The monoisotopic (exact) mass is 453 g/mol. The van der Waals surface area contributed by atoms with Crippen LogP contribution < -0.4 is 5.73 Å². The quantitative estimate of drug-likeness (QED) is 0.240. The van der Waals surface area contributed by atoms with Crippen molar-refractivity contribution in [3.8, 4) is 0 Å². The van der Waals surface area contributed by atoms with Crippen LogP contribution in [0.4, 0.5) is 5.69 Å². The van der Waals surface area contributed by atoms with Crippen molar-refractivity contribution in [2.24, 2.45) is 0 Å². The fraction of sp³-hybridized carbons (Fsp3) is 0.118. The molecular weight excluding hydrogens is 422 g/mol. The second-order valence-electron chi connectivity index (χ2n) is 9.38. The molecule has 0 atom stereocenters. The molecule has 5 aromatic carbocycles. The molecule has 0 aliphatic rings. The smallest absolute Gasteiger partial charge is 0.0314 e. The Bertz CT molecular complexity index is 1330. The summed E-state index contributed by atoms with van der Waals surface area (Å²) in [5.41, 5.74) is 17.3. The van der Waals surface area contributed by atoms with E-state index in [9.17, 15) is 0 Å². The Morgan fingerprint density at radius 2 is 0.514 bits per heavy atom. The van der Waals surface area contributed by atoms with Gasteiger partial charge in [0.25, 0.3) is 0 Å². The van der Waals surface area contributed by atoms with E-state index in [-0.39, 0.29) is 0 Å². The molecule has 0 saturated carbocycles. The van der Waals surface area contributed by atoms with Crippen molar-refractivity contribution in [2.45, 2.75) is 25.7 Å². The predicted molar refractivity (Wildman–Crippen MR) is 148 cm³/mol. The topological polar surface area (TPSA) is 26.0 Å². The van der Waals surface area contributed by atoms with E-state index in [0.717, 1.165) is 31.4 Å². The van der Waals surface area contributed by atoms with Gasteiger partial charge in [0.1, 0.15) is 0 Å². The van der Waals surface area contributed by atoms with Crippen LogP contribution in [0.25, 0.3) is 0 Å². The van der Waals surface area contributed by atoms with Crippen molar-refractivity contribution >= 4 is 5.69 Å². The molecule has 0 aliphatic carbocycles. The Hall–Kier alpha value is -4.10. The normalized spacial score (nSPS) is 10.9. The second kappa shape index (κ2) is 10.9. The lowest BCUT2D eigenvalue weighted by atomic mass is 9.97. The summed E-state index contributed by atoms with van der Waals surface area (Å²) in [5, 5.41) is 0. The first kappa shape index (κ1) is 22.7. The van der Waals surface area contributed by atoms with Gasteiger partial charge in [0.2, 0.25) is 0 Å². The van der Waals surface area contributed by atoms with E-state index in [1.807, 2.05) is 12.1 Å². The van der Waals surface area contributed by atoms with E-state index in [2.05, 4.69) is 115 Å². The zero-order valence-corrected chi connectivity index (χ0v) is 20.0. The highest BCUT2D eigenvalue weighted by Crippen LogP contribution is 2.18. The van der Waals surface area contributed by atoms with E-state index >= 15 is 0 Å². The van der Waals surface area contributed by atoms with Crippen molar-refractivity contribution in [1.82, 2.24) is 0 Å². The molecule has 0 heterocycles. The number of anilines is 1. The van der Waals surface area contributed by atoms with Gasteiger partial charge in [-0.1, -0.05) is 115 Å². The summed E-state index contributed by atoms with van der Waals surface area (Å²) in [4.78, 5) is 0. The zero-order valence-electron chi connectivity index (χ0n) is 20.0. The molecule has 5 aromatic rings. The Kier molecular flexibility index (Phi) is 7.05. The Labute approximate surface area is 208 Å². The predicted octanol–water partition coefficient (Wildman–Crippen LogP) is 7.63. The van der Waals surface area contributed by atoms with Crippen molar-refractivity contribution in [2.75, 3.05) is 5.73 Å². The first-order valence-electron chi connectivity index (χ1n) is 12.3. The van der Waals surface area contributed by atoms with Gasteiger partial charge in [-0.25, -0.2) is 0 Å². The minimum absolute atomic E-state index is 0.812. The molecule has 35 heavy (non-hydrogen) atoms. The van der Waals surface area contributed by atoms with Crippen LogP contribution in [0.1, 0.15) is 44.5 Å². The van der Waals surface area contributed by atoms with Crippen molar-refractivity contribution in [3.05, 3.63) is 172 Å². The van der Waals surface area contributed by atoms with Crippen LogP contribution in [0.2, 0.25) is 0 Å². The maximum absolute atomic E-state index is 5.79. The lowest BCUT2D eigenvalue weighted by Crippen LogP contribution is -1.94. The van der Waals surface area contributed by atoms with E-state index < -0.39 is 0 Å². The number of nitrogen functional groups attached to an aromatic ring is 1. The van der Waals surface area contributed by atoms with Crippen molar-refractivity contribution in [3.63, 3.8) is 0 Å². The van der Waals surface area contributed by atoms with E-state index in [0.29, 0.717) is 0 Å². The molecule has 0 bridgehead atoms. The molecule has 0 spiro atoms. The number of nitrogens with two attached hydrogens (primary N) is 1. The molecule has 0 fully saturated rings. The third-order valence-electron chi connectivity index (χ3n) is 6.52. The van der Waals surface area contributed by atoms with Gasteiger partial charge in [0.05, 0.1) is 0 Å². The Morgan fingerprint density at radius 1 is 0.286 bits per heavy atom. The number of hydrogen-bond donors (Lipinski definition) is 1. The molecule has 1 nitrogen and oxygen atoms in total. The number of rotatable bonds is 8. The summed E-state index contributed by atoms with van der Waals surface area (Å²) in [6.07, 6.45) is 3.84. The molecule has 1 heteroatoms. The van der Waals surface area contributed by atoms with E-state index in [1.54, 1.807) is 0 Å². The molecule has 2 N–H and O–H groups in total. The fourth-order valence-corrected chi connectivity index (χ4v) is 4.50.